The van der Waals surface area contributed by atoms with Crippen molar-refractivity contribution in [3.05, 3.63) is 65.2 Å². The lowest BCUT2D eigenvalue weighted by molar-refractivity contribution is -0.277. The van der Waals surface area contributed by atoms with Crippen molar-refractivity contribution in [3.8, 4) is 5.75 Å². The van der Waals surface area contributed by atoms with E-state index < -0.39 is 55.0 Å². The van der Waals surface area contributed by atoms with Crippen LogP contribution in [0.4, 0.5) is 13.2 Å². The van der Waals surface area contributed by atoms with Crippen molar-refractivity contribution in [2.24, 2.45) is 0 Å². The number of benzene rings is 2. The summed E-state index contributed by atoms with van der Waals surface area (Å²) in [6, 6.07) is 10.9. The van der Waals surface area contributed by atoms with Gasteiger partial charge in [-0.25, -0.2) is 0 Å². The summed E-state index contributed by atoms with van der Waals surface area (Å²) in [6.45, 7) is -0.733. The second kappa shape index (κ2) is 10.5. The second-order valence-electron chi connectivity index (χ2n) is 7.57. The van der Waals surface area contributed by atoms with E-state index in [2.05, 4.69) is 5.32 Å². The molecule has 0 aromatic heterocycles. The highest BCUT2D eigenvalue weighted by atomic mass is 19.4. The third-order valence-corrected chi connectivity index (χ3v) is 5.16. The summed E-state index contributed by atoms with van der Waals surface area (Å²) in [4.78, 5) is 12.4. The first-order valence-electron chi connectivity index (χ1n) is 10.1. The summed E-state index contributed by atoms with van der Waals surface area (Å²) in [6.07, 6.45) is -12.0. The van der Waals surface area contributed by atoms with E-state index in [4.69, 9.17) is 9.47 Å². The molecule has 11 heteroatoms. The summed E-state index contributed by atoms with van der Waals surface area (Å²) < 4.78 is 49.4. The largest absolute Gasteiger partial charge is 0.462 e. The lowest BCUT2D eigenvalue weighted by Crippen LogP contribution is -2.60. The zero-order chi connectivity index (χ0) is 24.2. The molecule has 0 spiro atoms. The predicted octanol–water partition coefficient (Wildman–Crippen LogP) is 0.743. The van der Waals surface area contributed by atoms with Crippen LogP contribution in [0.1, 0.15) is 16.7 Å². The third-order valence-electron chi connectivity index (χ3n) is 5.16. The number of para-hydroxylation sites is 1. The Labute approximate surface area is 187 Å². The molecular formula is C22H24F3NO7. The van der Waals surface area contributed by atoms with Gasteiger partial charge in [-0.05, 0) is 23.8 Å². The molecule has 33 heavy (non-hydrogen) atoms. The quantitative estimate of drug-likeness (QED) is 0.403. The van der Waals surface area contributed by atoms with E-state index in [0.717, 1.165) is 12.1 Å². The number of rotatable bonds is 7. The van der Waals surface area contributed by atoms with Crippen LogP contribution in [0.2, 0.25) is 0 Å². The van der Waals surface area contributed by atoms with Crippen LogP contribution in [0.25, 0.3) is 0 Å². The highest BCUT2D eigenvalue weighted by molar-refractivity contribution is 5.79. The fraction of sp³-hybridized carbons (Fsp3) is 0.409. The van der Waals surface area contributed by atoms with E-state index in [9.17, 15) is 38.4 Å². The molecule has 0 aliphatic carbocycles. The molecule has 8 nitrogen and oxygen atoms in total. The van der Waals surface area contributed by atoms with Gasteiger partial charge in [0, 0.05) is 12.1 Å². The van der Waals surface area contributed by atoms with E-state index in [-0.39, 0.29) is 24.3 Å². The molecule has 180 valence electrons. The van der Waals surface area contributed by atoms with Gasteiger partial charge in [0.05, 0.1) is 18.6 Å². The number of hydrogen-bond acceptors (Lipinski definition) is 7. The van der Waals surface area contributed by atoms with Gasteiger partial charge in [-0.3, -0.25) is 4.79 Å². The van der Waals surface area contributed by atoms with Gasteiger partial charge < -0.3 is 35.2 Å². The van der Waals surface area contributed by atoms with Gasteiger partial charge in [0.25, 0.3) is 0 Å². The number of carbonyl (C=O) groups is 1. The number of hydrogen-bond donors (Lipinski definition) is 5. The number of alkyl halides is 3. The maximum Gasteiger partial charge on any atom is 0.416 e. The molecule has 3 rings (SSSR count). The van der Waals surface area contributed by atoms with Gasteiger partial charge >= 0.3 is 6.18 Å². The summed E-state index contributed by atoms with van der Waals surface area (Å²) in [5, 5.41) is 41.7. The molecule has 1 saturated heterocycles. The average molecular weight is 471 g/mol. The van der Waals surface area contributed by atoms with Crippen LogP contribution < -0.4 is 10.1 Å². The molecule has 2 aromatic rings. The lowest BCUT2D eigenvalue weighted by Gasteiger charge is -2.39. The molecule has 1 amide bonds. The van der Waals surface area contributed by atoms with Crippen LogP contribution in [0.15, 0.2) is 48.5 Å². The van der Waals surface area contributed by atoms with Crippen LogP contribution in [0.3, 0.4) is 0 Å². The Morgan fingerprint density at radius 3 is 2.45 bits per heavy atom. The third kappa shape index (κ3) is 6.21. The van der Waals surface area contributed by atoms with Gasteiger partial charge in [-0.2, -0.15) is 13.2 Å². The highest BCUT2D eigenvalue weighted by Crippen LogP contribution is 2.30. The molecule has 0 bridgehead atoms. The molecule has 5 unspecified atom stereocenters. The number of aliphatic hydroxyl groups excluding tert-OH is 4. The topological polar surface area (TPSA) is 128 Å². The minimum atomic E-state index is -4.49. The Kier molecular flexibility index (Phi) is 7.92. The summed E-state index contributed by atoms with van der Waals surface area (Å²) in [5.41, 5.74) is -0.146. The Hall–Kier alpha value is -2.70. The number of amides is 1. The van der Waals surface area contributed by atoms with Crippen molar-refractivity contribution in [2.75, 3.05) is 6.61 Å². The minimum Gasteiger partial charge on any atom is -0.462 e. The number of aliphatic hydroxyl groups is 4. The maximum atomic E-state index is 12.8. The first kappa shape index (κ1) is 24.9. The van der Waals surface area contributed by atoms with Gasteiger partial charge in [0.1, 0.15) is 30.2 Å². The molecule has 1 aliphatic rings. The Bertz CT molecular complexity index is 954. The molecule has 5 atom stereocenters. The van der Waals surface area contributed by atoms with Gasteiger partial charge in [0.15, 0.2) is 0 Å². The fourth-order valence-corrected chi connectivity index (χ4v) is 3.35. The standard InChI is InChI=1S/C22H24F3NO7/c23-22(24,25)14-6-3-4-12(8-14)10-26-17(28)9-13-5-1-2-7-15(13)32-21-20(31)19(30)18(29)16(11-27)33-21/h1-8,16,18-21,27,29-31H,9-11H2,(H,26,28). The molecule has 2 aromatic carbocycles. The van der Waals surface area contributed by atoms with Crippen LogP contribution in [-0.2, 0) is 28.7 Å². The van der Waals surface area contributed by atoms with Crippen molar-refractivity contribution in [2.45, 2.75) is 49.8 Å². The minimum absolute atomic E-state index is 0.113. The number of ether oxygens (including phenoxy) is 2. The van der Waals surface area contributed by atoms with Crippen LogP contribution in [-0.4, -0.2) is 63.6 Å². The van der Waals surface area contributed by atoms with E-state index in [1.165, 1.54) is 18.2 Å². The maximum absolute atomic E-state index is 12.8. The van der Waals surface area contributed by atoms with E-state index >= 15 is 0 Å². The first-order chi connectivity index (χ1) is 15.6. The van der Waals surface area contributed by atoms with Crippen molar-refractivity contribution in [1.82, 2.24) is 5.32 Å². The monoisotopic (exact) mass is 471 g/mol. The van der Waals surface area contributed by atoms with E-state index in [0.29, 0.717) is 5.56 Å². The van der Waals surface area contributed by atoms with Gasteiger partial charge in [-0.1, -0.05) is 30.3 Å². The van der Waals surface area contributed by atoms with E-state index in [1.807, 2.05) is 0 Å². The van der Waals surface area contributed by atoms with Gasteiger partial charge in [0.2, 0.25) is 12.2 Å². The van der Waals surface area contributed by atoms with Crippen LogP contribution >= 0.6 is 0 Å². The SMILES string of the molecule is O=C(Cc1ccccc1OC1OC(CO)C(O)C(O)C1O)NCc1cccc(C(F)(F)F)c1. The number of halogens is 3. The van der Waals surface area contributed by atoms with Crippen LogP contribution in [0.5, 0.6) is 5.75 Å². The summed E-state index contributed by atoms with van der Waals surface area (Å²) >= 11 is 0. The van der Waals surface area contributed by atoms with Crippen molar-refractivity contribution >= 4 is 5.91 Å². The zero-order valence-corrected chi connectivity index (χ0v) is 17.3. The smallest absolute Gasteiger partial charge is 0.416 e. The number of carbonyl (C=O) groups excluding carboxylic acids is 1. The molecular weight excluding hydrogens is 447 g/mol. The Morgan fingerprint density at radius 1 is 1.03 bits per heavy atom. The zero-order valence-electron chi connectivity index (χ0n) is 17.3. The molecule has 0 radical (unpaired) electrons. The first-order valence-corrected chi connectivity index (χ1v) is 10.1. The highest BCUT2D eigenvalue weighted by Gasteiger charge is 2.44. The van der Waals surface area contributed by atoms with Gasteiger partial charge in [-0.15, -0.1) is 0 Å². The van der Waals surface area contributed by atoms with E-state index in [1.54, 1.807) is 18.2 Å². The molecule has 1 fully saturated rings. The lowest BCUT2D eigenvalue weighted by atomic mass is 9.99. The normalized spacial score (nSPS) is 25.5. The molecule has 1 heterocycles. The summed E-state index contributed by atoms with van der Waals surface area (Å²) in [5.74, 6) is -0.340. The second-order valence-corrected chi connectivity index (χ2v) is 7.57. The van der Waals surface area contributed by atoms with Crippen LogP contribution in [0, 0.1) is 0 Å². The molecule has 0 saturated carbocycles. The fourth-order valence-electron chi connectivity index (χ4n) is 3.35. The Balaban J connectivity index is 1.64. The number of nitrogens with one attached hydrogen (secondary N) is 1. The summed E-state index contributed by atoms with van der Waals surface area (Å²) in [7, 11) is 0. The molecule has 5 N–H and O–H groups in total. The van der Waals surface area contributed by atoms with Crippen molar-refractivity contribution in [1.29, 1.82) is 0 Å². The van der Waals surface area contributed by atoms with Crippen molar-refractivity contribution < 1.29 is 47.9 Å². The molecule has 1 aliphatic heterocycles. The predicted molar refractivity (Wildman–Crippen MR) is 108 cm³/mol. The Morgan fingerprint density at radius 2 is 1.76 bits per heavy atom. The van der Waals surface area contributed by atoms with Crippen molar-refractivity contribution in [3.63, 3.8) is 0 Å². The average Bonchev–Trinajstić information content (AvgIpc) is 2.79.